The van der Waals surface area contributed by atoms with E-state index in [0.29, 0.717) is 25.1 Å². The summed E-state index contributed by atoms with van der Waals surface area (Å²) in [5, 5.41) is 3.38. The number of ether oxygens (including phenoxy) is 1. The van der Waals surface area contributed by atoms with Crippen molar-refractivity contribution in [3.8, 4) is 0 Å². The Kier molecular flexibility index (Phi) is 5.65. The number of hydrogen-bond donors (Lipinski definition) is 2. The number of nitrogens with one attached hydrogen (secondary N) is 1. The highest BCUT2D eigenvalue weighted by Gasteiger charge is 2.17. The lowest BCUT2D eigenvalue weighted by atomic mass is 9.92. The van der Waals surface area contributed by atoms with E-state index in [-0.39, 0.29) is 5.97 Å². The van der Waals surface area contributed by atoms with Crippen LogP contribution in [0.25, 0.3) is 0 Å². The van der Waals surface area contributed by atoms with Crippen molar-refractivity contribution < 1.29 is 9.53 Å². The summed E-state index contributed by atoms with van der Waals surface area (Å²) < 4.78 is 4.85. The van der Waals surface area contributed by atoms with Gasteiger partial charge in [-0.05, 0) is 32.6 Å². The fourth-order valence-electron chi connectivity index (χ4n) is 1.93. The van der Waals surface area contributed by atoms with Crippen molar-refractivity contribution in [1.29, 1.82) is 0 Å². The zero-order valence-electron chi connectivity index (χ0n) is 9.50. The van der Waals surface area contributed by atoms with E-state index in [1.54, 1.807) is 0 Å². The minimum Gasteiger partial charge on any atom is -0.466 e. The monoisotopic (exact) mass is 214 g/mol. The van der Waals surface area contributed by atoms with Gasteiger partial charge in [-0.2, -0.15) is 0 Å². The zero-order chi connectivity index (χ0) is 11.1. The van der Waals surface area contributed by atoms with Crippen molar-refractivity contribution in [3.05, 3.63) is 0 Å². The number of carbonyl (C=O) groups is 1. The second-order valence-corrected chi connectivity index (χ2v) is 4.12. The summed E-state index contributed by atoms with van der Waals surface area (Å²) in [7, 11) is 0. The van der Waals surface area contributed by atoms with Crippen LogP contribution in [0.15, 0.2) is 0 Å². The first-order valence-corrected chi connectivity index (χ1v) is 5.87. The van der Waals surface area contributed by atoms with E-state index in [4.69, 9.17) is 10.5 Å². The Hall–Kier alpha value is -0.610. The highest BCUT2D eigenvalue weighted by molar-refractivity contribution is 5.69. The number of nitrogens with two attached hydrogens (primary N) is 1. The summed E-state index contributed by atoms with van der Waals surface area (Å²) in [5.41, 5.74) is 5.81. The van der Waals surface area contributed by atoms with Gasteiger partial charge in [0.05, 0.1) is 13.0 Å². The molecular formula is C11H22N2O2. The first-order chi connectivity index (χ1) is 7.22. The quantitative estimate of drug-likeness (QED) is 0.664. The topological polar surface area (TPSA) is 64.3 Å². The van der Waals surface area contributed by atoms with Crippen LogP contribution >= 0.6 is 0 Å². The van der Waals surface area contributed by atoms with E-state index < -0.39 is 0 Å². The Morgan fingerprint density at radius 1 is 1.40 bits per heavy atom. The molecular weight excluding hydrogens is 192 g/mol. The fraction of sp³-hybridized carbons (Fsp3) is 0.909. The molecule has 0 radical (unpaired) electrons. The van der Waals surface area contributed by atoms with Gasteiger partial charge in [0.25, 0.3) is 0 Å². The molecule has 0 aromatic heterocycles. The van der Waals surface area contributed by atoms with Crippen molar-refractivity contribution in [2.24, 2.45) is 5.73 Å². The van der Waals surface area contributed by atoms with Gasteiger partial charge < -0.3 is 15.8 Å². The molecule has 0 amide bonds. The first kappa shape index (κ1) is 12.5. The van der Waals surface area contributed by atoms with Crippen LogP contribution in [0, 0.1) is 0 Å². The summed E-state index contributed by atoms with van der Waals surface area (Å²) >= 11 is 0. The molecule has 1 rings (SSSR count). The molecule has 88 valence electrons. The molecule has 4 heteroatoms. The van der Waals surface area contributed by atoms with Gasteiger partial charge >= 0.3 is 5.97 Å². The number of hydrogen-bond acceptors (Lipinski definition) is 4. The Bertz CT molecular complexity index is 189. The van der Waals surface area contributed by atoms with E-state index in [9.17, 15) is 4.79 Å². The number of esters is 1. The average molecular weight is 214 g/mol. The molecule has 1 fully saturated rings. The lowest BCUT2D eigenvalue weighted by Gasteiger charge is -2.26. The molecule has 1 aliphatic carbocycles. The highest BCUT2D eigenvalue weighted by atomic mass is 16.5. The molecule has 4 nitrogen and oxygen atoms in total. The molecule has 3 N–H and O–H groups in total. The lowest BCUT2D eigenvalue weighted by molar-refractivity contribution is -0.143. The molecule has 0 heterocycles. The van der Waals surface area contributed by atoms with Crippen LogP contribution in [-0.4, -0.2) is 31.2 Å². The third-order valence-corrected chi connectivity index (χ3v) is 2.84. The lowest BCUT2D eigenvalue weighted by Crippen LogP contribution is -2.38. The van der Waals surface area contributed by atoms with Crippen LogP contribution in [0.1, 0.15) is 39.0 Å². The molecule has 1 aliphatic rings. The third kappa shape index (κ3) is 5.14. The SMILES string of the molecule is CCOC(=O)CCNC1CCC(N)CC1. The van der Waals surface area contributed by atoms with Crippen LogP contribution in [0.2, 0.25) is 0 Å². The second kappa shape index (κ2) is 6.80. The van der Waals surface area contributed by atoms with Gasteiger partial charge in [-0.1, -0.05) is 0 Å². The predicted molar refractivity (Wildman–Crippen MR) is 59.5 cm³/mol. The van der Waals surface area contributed by atoms with Crippen molar-refractivity contribution in [3.63, 3.8) is 0 Å². The van der Waals surface area contributed by atoms with Gasteiger partial charge in [-0.15, -0.1) is 0 Å². The smallest absolute Gasteiger partial charge is 0.307 e. The van der Waals surface area contributed by atoms with Crippen molar-refractivity contribution in [1.82, 2.24) is 5.32 Å². The molecule has 0 bridgehead atoms. The standard InChI is InChI=1S/C11H22N2O2/c1-2-15-11(14)7-8-13-10-5-3-9(12)4-6-10/h9-10,13H,2-8,12H2,1H3. The van der Waals surface area contributed by atoms with E-state index in [2.05, 4.69) is 5.32 Å². The van der Waals surface area contributed by atoms with Crippen LogP contribution in [0.5, 0.6) is 0 Å². The Balaban J connectivity index is 2.02. The maximum Gasteiger partial charge on any atom is 0.307 e. The van der Waals surface area contributed by atoms with E-state index >= 15 is 0 Å². The number of rotatable bonds is 5. The maximum atomic E-state index is 11.1. The predicted octanol–water partition coefficient (Wildman–Crippen LogP) is 0.799. The molecule has 0 unspecified atom stereocenters. The van der Waals surface area contributed by atoms with Crippen molar-refractivity contribution in [2.45, 2.75) is 51.1 Å². The van der Waals surface area contributed by atoms with Gasteiger partial charge in [0.1, 0.15) is 0 Å². The molecule has 0 spiro atoms. The fourth-order valence-corrected chi connectivity index (χ4v) is 1.93. The Labute approximate surface area is 91.5 Å². The third-order valence-electron chi connectivity index (χ3n) is 2.84. The van der Waals surface area contributed by atoms with Crippen LogP contribution in [-0.2, 0) is 9.53 Å². The first-order valence-electron chi connectivity index (χ1n) is 5.87. The minimum atomic E-state index is -0.113. The van der Waals surface area contributed by atoms with Crippen LogP contribution in [0.4, 0.5) is 0 Å². The minimum absolute atomic E-state index is 0.113. The Morgan fingerprint density at radius 2 is 2.07 bits per heavy atom. The summed E-state index contributed by atoms with van der Waals surface area (Å²) in [6, 6.07) is 0.923. The van der Waals surface area contributed by atoms with Crippen LogP contribution < -0.4 is 11.1 Å². The van der Waals surface area contributed by atoms with Gasteiger partial charge in [0.2, 0.25) is 0 Å². The summed E-state index contributed by atoms with van der Waals surface area (Å²) in [4.78, 5) is 11.1. The summed E-state index contributed by atoms with van der Waals surface area (Å²) in [6.45, 7) is 3.02. The normalized spacial score (nSPS) is 26.3. The van der Waals surface area contributed by atoms with Gasteiger partial charge in [-0.25, -0.2) is 0 Å². The molecule has 1 saturated carbocycles. The largest absolute Gasteiger partial charge is 0.466 e. The van der Waals surface area contributed by atoms with Crippen molar-refractivity contribution >= 4 is 5.97 Å². The Morgan fingerprint density at radius 3 is 2.67 bits per heavy atom. The maximum absolute atomic E-state index is 11.1. The molecule has 0 aliphatic heterocycles. The number of carbonyl (C=O) groups excluding carboxylic acids is 1. The average Bonchev–Trinajstić information content (AvgIpc) is 2.21. The van der Waals surface area contributed by atoms with E-state index in [1.165, 1.54) is 0 Å². The molecule has 15 heavy (non-hydrogen) atoms. The molecule has 0 saturated heterocycles. The highest BCUT2D eigenvalue weighted by Crippen LogP contribution is 2.16. The van der Waals surface area contributed by atoms with Gasteiger partial charge in [0, 0.05) is 18.6 Å². The summed E-state index contributed by atoms with van der Waals surface area (Å²) in [5.74, 6) is -0.113. The summed E-state index contributed by atoms with van der Waals surface area (Å²) in [6.07, 6.45) is 4.92. The zero-order valence-corrected chi connectivity index (χ0v) is 9.50. The van der Waals surface area contributed by atoms with Gasteiger partial charge in [0.15, 0.2) is 0 Å². The molecule has 0 atom stereocenters. The van der Waals surface area contributed by atoms with Crippen molar-refractivity contribution in [2.75, 3.05) is 13.2 Å². The molecule has 0 aromatic carbocycles. The molecule has 0 aromatic rings. The van der Waals surface area contributed by atoms with Gasteiger partial charge in [-0.3, -0.25) is 4.79 Å². The second-order valence-electron chi connectivity index (χ2n) is 4.12. The van der Waals surface area contributed by atoms with E-state index in [0.717, 1.165) is 32.2 Å². The van der Waals surface area contributed by atoms with Crippen LogP contribution in [0.3, 0.4) is 0 Å². The van der Waals surface area contributed by atoms with E-state index in [1.807, 2.05) is 6.92 Å².